The van der Waals surface area contributed by atoms with Crippen molar-refractivity contribution in [3.63, 3.8) is 0 Å². The molecule has 0 unspecified atom stereocenters. The minimum absolute atomic E-state index is 0.150. The smallest absolute Gasteiger partial charge is 0.235 e. The number of aryl methyl sites for hydroxylation is 2. The number of amides is 1. The molecule has 0 bridgehead atoms. The normalized spacial score (nSPS) is 14.3. The molecule has 7 nitrogen and oxygen atoms in total. The average molecular weight is 463 g/mol. The number of aromatic nitrogens is 4. The Balaban J connectivity index is 1.55. The van der Waals surface area contributed by atoms with E-state index in [1.165, 1.54) is 31.0 Å². The number of nitriles is 1. The van der Waals surface area contributed by atoms with Crippen LogP contribution in [-0.2, 0) is 4.79 Å². The summed E-state index contributed by atoms with van der Waals surface area (Å²) in [5.74, 6) is 1.45. The van der Waals surface area contributed by atoms with Crippen molar-refractivity contribution >= 4 is 23.5 Å². The quantitative estimate of drug-likeness (QED) is 0.495. The second kappa shape index (κ2) is 9.84. The van der Waals surface area contributed by atoms with Crippen molar-refractivity contribution < 1.29 is 4.79 Å². The van der Waals surface area contributed by atoms with Crippen LogP contribution in [0.5, 0.6) is 0 Å². The summed E-state index contributed by atoms with van der Waals surface area (Å²) in [4.78, 5) is 13.0. The topological polar surface area (TPSA) is 88.5 Å². The Morgan fingerprint density at radius 2 is 1.88 bits per heavy atom. The summed E-state index contributed by atoms with van der Waals surface area (Å²) in [6.07, 6.45) is 5.77. The summed E-state index contributed by atoms with van der Waals surface area (Å²) >= 11 is 1.35. The number of hydrogen-bond donors (Lipinski definition) is 1. The van der Waals surface area contributed by atoms with E-state index < -0.39 is 0 Å². The van der Waals surface area contributed by atoms with Gasteiger partial charge in [0.1, 0.15) is 17.7 Å². The molecule has 1 aliphatic carbocycles. The number of nitrogens with one attached hydrogen (secondary N) is 1. The summed E-state index contributed by atoms with van der Waals surface area (Å²) in [6, 6.07) is 10.7. The van der Waals surface area contributed by atoms with Crippen molar-refractivity contribution in [3.8, 4) is 11.8 Å². The Kier molecular flexibility index (Phi) is 6.89. The number of hydrogen-bond acceptors (Lipinski definition) is 5. The third-order valence-electron chi connectivity index (χ3n) is 6.55. The number of thioether (sulfide) groups is 1. The van der Waals surface area contributed by atoms with Crippen molar-refractivity contribution in [2.75, 3.05) is 11.1 Å². The second-order valence-electron chi connectivity index (χ2n) is 8.70. The minimum atomic E-state index is -0.150. The van der Waals surface area contributed by atoms with E-state index in [9.17, 15) is 10.1 Å². The van der Waals surface area contributed by atoms with Gasteiger partial charge >= 0.3 is 0 Å². The summed E-state index contributed by atoms with van der Waals surface area (Å²) < 4.78 is 4.17. The Hall–Kier alpha value is -3.05. The lowest BCUT2D eigenvalue weighted by Gasteiger charge is -2.27. The van der Waals surface area contributed by atoms with Gasteiger partial charge in [-0.05, 0) is 57.7 Å². The predicted octanol–water partition coefficient (Wildman–Crippen LogP) is 5.41. The molecule has 8 heteroatoms. The first kappa shape index (κ1) is 23.1. The van der Waals surface area contributed by atoms with Gasteiger partial charge in [0.05, 0.1) is 17.0 Å². The molecular formula is C25H30N6OS. The van der Waals surface area contributed by atoms with Crippen LogP contribution in [0.2, 0.25) is 0 Å². The van der Waals surface area contributed by atoms with Gasteiger partial charge in [0.15, 0.2) is 5.16 Å². The zero-order valence-electron chi connectivity index (χ0n) is 19.7. The van der Waals surface area contributed by atoms with Crippen molar-refractivity contribution in [1.29, 1.82) is 5.26 Å². The van der Waals surface area contributed by atoms with E-state index in [0.717, 1.165) is 41.2 Å². The molecule has 1 aliphatic rings. The molecule has 0 atom stereocenters. The Morgan fingerprint density at radius 3 is 2.58 bits per heavy atom. The number of para-hydroxylation sites is 1. The maximum atomic E-state index is 13.0. The predicted molar refractivity (Wildman–Crippen MR) is 131 cm³/mol. The number of carbonyl (C=O) groups is 1. The molecule has 0 spiro atoms. The molecule has 33 heavy (non-hydrogen) atoms. The van der Waals surface area contributed by atoms with E-state index >= 15 is 0 Å². The summed E-state index contributed by atoms with van der Waals surface area (Å²) in [6.45, 7) is 7.96. The molecule has 1 N–H and O–H groups in total. The molecule has 1 fully saturated rings. The van der Waals surface area contributed by atoms with Gasteiger partial charge in [0, 0.05) is 11.7 Å². The van der Waals surface area contributed by atoms with E-state index in [2.05, 4.69) is 26.2 Å². The van der Waals surface area contributed by atoms with Crippen LogP contribution in [-0.4, -0.2) is 31.0 Å². The third kappa shape index (κ3) is 4.55. The number of nitrogens with zero attached hydrogens (tertiary/aromatic N) is 5. The minimum Gasteiger partial charge on any atom is -0.327 e. The van der Waals surface area contributed by atoms with Gasteiger partial charge in [-0.15, -0.1) is 10.2 Å². The van der Waals surface area contributed by atoms with Crippen LogP contribution in [0, 0.1) is 39.0 Å². The molecule has 3 aromatic rings. The average Bonchev–Trinajstić information content (AvgIpc) is 3.29. The summed E-state index contributed by atoms with van der Waals surface area (Å²) in [5, 5.41) is 22.1. The third-order valence-corrected chi connectivity index (χ3v) is 7.48. The highest BCUT2D eigenvalue weighted by molar-refractivity contribution is 7.99. The first-order valence-electron chi connectivity index (χ1n) is 11.4. The first-order valence-corrected chi connectivity index (χ1v) is 12.4. The van der Waals surface area contributed by atoms with Crippen LogP contribution in [0.3, 0.4) is 0 Å². The monoisotopic (exact) mass is 462 g/mol. The Bertz CT molecular complexity index is 1210. The van der Waals surface area contributed by atoms with Crippen LogP contribution >= 0.6 is 11.8 Å². The maximum Gasteiger partial charge on any atom is 0.235 e. The van der Waals surface area contributed by atoms with Crippen molar-refractivity contribution in [1.82, 2.24) is 19.3 Å². The van der Waals surface area contributed by atoms with Crippen LogP contribution in [0.25, 0.3) is 5.69 Å². The molecule has 1 aromatic carbocycles. The number of anilines is 1. The second-order valence-corrected chi connectivity index (χ2v) is 9.64. The van der Waals surface area contributed by atoms with Gasteiger partial charge in [-0.25, -0.2) is 0 Å². The molecule has 1 saturated carbocycles. The van der Waals surface area contributed by atoms with Crippen LogP contribution in [0.15, 0.2) is 29.4 Å². The van der Waals surface area contributed by atoms with Gasteiger partial charge in [0.25, 0.3) is 0 Å². The number of rotatable bonds is 6. The number of carbonyl (C=O) groups excluding carboxylic acids is 1. The SMILES string of the molecule is Cc1ccccc1-n1c(C)nnc1SCC(=O)Nc1c(C#N)c(C)c(C)n1C1CCCCC1. The highest BCUT2D eigenvalue weighted by Gasteiger charge is 2.26. The van der Waals surface area contributed by atoms with E-state index in [-0.39, 0.29) is 11.7 Å². The molecule has 4 rings (SSSR count). The fourth-order valence-corrected chi connectivity index (χ4v) is 5.50. The number of benzene rings is 1. The van der Waals surface area contributed by atoms with Gasteiger partial charge < -0.3 is 9.88 Å². The van der Waals surface area contributed by atoms with Gasteiger partial charge in [0.2, 0.25) is 5.91 Å². The van der Waals surface area contributed by atoms with Crippen molar-refractivity contribution in [2.24, 2.45) is 0 Å². The van der Waals surface area contributed by atoms with E-state index in [4.69, 9.17) is 0 Å². The zero-order valence-corrected chi connectivity index (χ0v) is 20.5. The molecule has 1 amide bonds. The highest BCUT2D eigenvalue weighted by atomic mass is 32.2. The van der Waals surface area contributed by atoms with Crippen molar-refractivity contribution in [3.05, 3.63) is 52.5 Å². The van der Waals surface area contributed by atoms with E-state index in [0.29, 0.717) is 22.6 Å². The largest absolute Gasteiger partial charge is 0.327 e. The van der Waals surface area contributed by atoms with Crippen molar-refractivity contribution in [2.45, 2.75) is 71.0 Å². The summed E-state index contributed by atoms with van der Waals surface area (Å²) in [5.41, 5.74) is 4.70. The van der Waals surface area contributed by atoms with E-state index in [1.54, 1.807) is 0 Å². The molecule has 2 heterocycles. The molecular weight excluding hydrogens is 432 g/mol. The molecule has 0 aliphatic heterocycles. The fraction of sp³-hybridized carbons (Fsp3) is 0.440. The summed E-state index contributed by atoms with van der Waals surface area (Å²) in [7, 11) is 0. The van der Waals surface area contributed by atoms with Gasteiger partial charge in [-0.3, -0.25) is 9.36 Å². The standard InChI is InChI=1S/C25H30N6OS/c1-16-10-8-9-13-22(16)31-19(4)28-29-25(31)33-15-23(32)27-24-21(14-26)17(2)18(3)30(24)20-11-6-5-7-12-20/h8-10,13,20H,5-7,11-12,15H2,1-4H3,(H,27,32). The molecule has 0 radical (unpaired) electrons. The zero-order chi connectivity index (χ0) is 23.5. The highest BCUT2D eigenvalue weighted by Crippen LogP contribution is 2.37. The lowest BCUT2D eigenvalue weighted by Crippen LogP contribution is -2.22. The van der Waals surface area contributed by atoms with Gasteiger partial charge in [-0.1, -0.05) is 49.2 Å². The Labute approximate surface area is 199 Å². The lowest BCUT2D eigenvalue weighted by atomic mass is 9.95. The van der Waals surface area contributed by atoms with Crippen LogP contribution in [0.1, 0.15) is 66.4 Å². The Morgan fingerprint density at radius 1 is 1.15 bits per heavy atom. The molecule has 172 valence electrons. The van der Waals surface area contributed by atoms with Crippen LogP contribution < -0.4 is 5.32 Å². The first-order chi connectivity index (χ1) is 15.9. The molecule has 0 saturated heterocycles. The maximum absolute atomic E-state index is 13.0. The fourth-order valence-electron chi connectivity index (χ4n) is 4.71. The van der Waals surface area contributed by atoms with E-state index in [1.807, 2.05) is 56.5 Å². The van der Waals surface area contributed by atoms with Crippen LogP contribution in [0.4, 0.5) is 5.82 Å². The van der Waals surface area contributed by atoms with Gasteiger partial charge in [-0.2, -0.15) is 5.26 Å². The molecule has 2 aromatic heterocycles. The lowest BCUT2D eigenvalue weighted by molar-refractivity contribution is -0.113.